The largest absolute Gasteiger partial charge is 0.496 e. The number of methoxy groups -OCH3 is 1. The van der Waals surface area contributed by atoms with Crippen LogP contribution in [-0.2, 0) is 9.84 Å². The minimum Gasteiger partial charge on any atom is -0.496 e. The third-order valence-electron chi connectivity index (χ3n) is 3.18. The predicted molar refractivity (Wildman–Crippen MR) is 73.8 cm³/mol. The SMILES string of the molecule is CNC(c1cc(C)ccc1OC)C(C)S(C)(=O)=O. The number of sulfone groups is 1. The number of benzene rings is 1. The summed E-state index contributed by atoms with van der Waals surface area (Å²) < 4.78 is 28.7. The molecule has 1 aromatic rings. The molecule has 18 heavy (non-hydrogen) atoms. The molecule has 4 nitrogen and oxygen atoms in total. The van der Waals surface area contributed by atoms with Crippen LogP contribution in [0, 0.1) is 6.92 Å². The van der Waals surface area contributed by atoms with Gasteiger partial charge in [-0.25, -0.2) is 8.42 Å². The van der Waals surface area contributed by atoms with Crippen molar-refractivity contribution in [3.8, 4) is 5.75 Å². The third-order valence-corrected chi connectivity index (χ3v) is 4.80. The Labute approximate surface area is 109 Å². The average molecular weight is 271 g/mol. The van der Waals surface area contributed by atoms with E-state index in [0.29, 0.717) is 5.75 Å². The number of rotatable bonds is 5. The van der Waals surface area contributed by atoms with Gasteiger partial charge in [-0.15, -0.1) is 0 Å². The first kappa shape index (κ1) is 15.0. The lowest BCUT2D eigenvalue weighted by atomic mass is 10.0. The fourth-order valence-electron chi connectivity index (χ4n) is 1.99. The van der Waals surface area contributed by atoms with E-state index in [1.807, 2.05) is 25.1 Å². The lowest BCUT2D eigenvalue weighted by Crippen LogP contribution is -2.33. The molecule has 2 unspecified atom stereocenters. The first-order valence-electron chi connectivity index (χ1n) is 5.82. The quantitative estimate of drug-likeness (QED) is 0.885. The molecule has 0 saturated heterocycles. The molecule has 5 heteroatoms. The highest BCUT2D eigenvalue weighted by atomic mass is 32.2. The van der Waals surface area contributed by atoms with Crippen molar-refractivity contribution in [3.63, 3.8) is 0 Å². The number of aryl methyl sites for hydroxylation is 1. The van der Waals surface area contributed by atoms with Crippen molar-refractivity contribution in [1.82, 2.24) is 5.32 Å². The van der Waals surface area contributed by atoms with Crippen LogP contribution in [0.1, 0.15) is 24.1 Å². The maximum absolute atomic E-state index is 11.7. The molecule has 0 aliphatic rings. The number of hydrogen-bond donors (Lipinski definition) is 1. The zero-order valence-corrected chi connectivity index (χ0v) is 12.3. The number of nitrogens with one attached hydrogen (secondary N) is 1. The molecular weight excluding hydrogens is 250 g/mol. The summed E-state index contributed by atoms with van der Waals surface area (Å²) in [6, 6.07) is 5.49. The van der Waals surface area contributed by atoms with E-state index in [1.54, 1.807) is 21.1 Å². The first-order chi connectivity index (χ1) is 8.31. The van der Waals surface area contributed by atoms with E-state index in [4.69, 9.17) is 4.74 Å². The van der Waals surface area contributed by atoms with Gasteiger partial charge in [-0.05, 0) is 27.0 Å². The molecule has 0 aliphatic carbocycles. The summed E-state index contributed by atoms with van der Waals surface area (Å²) in [4.78, 5) is 0. The van der Waals surface area contributed by atoms with Crippen molar-refractivity contribution in [2.24, 2.45) is 0 Å². The summed E-state index contributed by atoms with van der Waals surface area (Å²) >= 11 is 0. The molecule has 0 spiro atoms. The summed E-state index contributed by atoms with van der Waals surface area (Å²) in [6.45, 7) is 3.68. The molecular formula is C13H21NO3S. The molecule has 0 aliphatic heterocycles. The fourth-order valence-corrected chi connectivity index (χ4v) is 2.76. The van der Waals surface area contributed by atoms with E-state index in [9.17, 15) is 8.42 Å². The number of ether oxygens (including phenoxy) is 1. The van der Waals surface area contributed by atoms with Crippen LogP contribution in [0.2, 0.25) is 0 Å². The van der Waals surface area contributed by atoms with Crippen LogP contribution < -0.4 is 10.1 Å². The molecule has 1 N–H and O–H groups in total. The summed E-state index contributed by atoms with van der Waals surface area (Å²) in [5, 5.41) is 2.55. The maximum Gasteiger partial charge on any atom is 0.151 e. The van der Waals surface area contributed by atoms with Crippen molar-refractivity contribution in [3.05, 3.63) is 29.3 Å². The zero-order chi connectivity index (χ0) is 13.9. The van der Waals surface area contributed by atoms with Crippen LogP contribution in [0.5, 0.6) is 5.75 Å². The molecule has 1 aromatic carbocycles. The van der Waals surface area contributed by atoms with Crippen LogP contribution in [0.3, 0.4) is 0 Å². The Morgan fingerprint density at radius 1 is 1.33 bits per heavy atom. The summed E-state index contributed by atoms with van der Waals surface area (Å²) in [5.74, 6) is 0.704. The average Bonchev–Trinajstić information content (AvgIpc) is 2.29. The molecule has 1 rings (SSSR count). The highest BCUT2D eigenvalue weighted by Crippen LogP contribution is 2.30. The van der Waals surface area contributed by atoms with E-state index in [1.165, 1.54) is 6.26 Å². The van der Waals surface area contributed by atoms with Crippen molar-refractivity contribution in [2.45, 2.75) is 25.1 Å². The lowest BCUT2D eigenvalue weighted by molar-refractivity contribution is 0.400. The molecule has 0 heterocycles. The van der Waals surface area contributed by atoms with E-state index in [0.717, 1.165) is 11.1 Å². The van der Waals surface area contributed by atoms with Crippen molar-refractivity contribution >= 4 is 9.84 Å². The molecule has 0 bridgehead atoms. The van der Waals surface area contributed by atoms with Gasteiger partial charge in [0.15, 0.2) is 9.84 Å². The minimum atomic E-state index is -3.12. The Morgan fingerprint density at radius 2 is 1.94 bits per heavy atom. The van der Waals surface area contributed by atoms with E-state index < -0.39 is 15.1 Å². The Kier molecular flexibility index (Phi) is 4.76. The van der Waals surface area contributed by atoms with E-state index in [-0.39, 0.29) is 6.04 Å². The second kappa shape index (κ2) is 5.71. The molecule has 2 atom stereocenters. The van der Waals surface area contributed by atoms with Gasteiger partial charge < -0.3 is 10.1 Å². The molecule has 0 fully saturated rings. The monoisotopic (exact) mass is 271 g/mol. The Hall–Kier alpha value is -1.07. The molecule has 102 valence electrons. The van der Waals surface area contributed by atoms with Gasteiger partial charge in [0.2, 0.25) is 0 Å². The Balaban J connectivity index is 3.28. The van der Waals surface area contributed by atoms with Crippen LogP contribution in [-0.4, -0.2) is 34.1 Å². The third kappa shape index (κ3) is 3.23. The predicted octanol–water partition coefficient (Wildman–Crippen LogP) is 1.70. The molecule has 0 radical (unpaired) electrons. The van der Waals surface area contributed by atoms with Gasteiger partial charge in [0.25, 0.3) is 0 Å². The van der Waals surface area contributed by atoms with E-state index in [2.05, 4.69) is 5.32 Å². The Bertz CT molecular complexity index is 511. The smallest absolute Gasteiger partial charge is 0.151 e. The van der Waals surface area contributed by atoms with E-state index >= 15 is 0 Å². The summed E-state index contributed by atoms with van der Waals surface area (Å²) in [6.07, 6.45) is 1.25. The van der Waals surface area contributed by atoms with Gasteiger partial charge in [-0.1, -0.05) is 17.7 Å². The molecule has 0 aromatic heterocycles. The second-order valence-electron chi connectivity index (χ2n) is 4.55. The van der Waals surface area contributed by atoms with Crippen molar-refractivity contribution in [2.75, 3.05) is 20.4 Å². The highest BCUT2D eigenvalue weighted by Gasteiger charge is 2.28. The summed E-state index contributed by atoms with van der Waals surface area (Å²) in [5.41, 5.74) is 1.95. The maximum atomic E-state index is 11.7. The number of hydrogen-bond acceptors (Lipinski definition) is 4. The molecule has 0 saturated carbocycles. The topological polar surface area (TPSA) is 55.4 Å². The second-order valence-corrected chi connectivity index (χ2v) is 6.95. The highest BCUT2D eigenvalue weighted by molar-refractivity contribution is 7.91. The lowest BCUT2D eigenvalue weighted by Gasteiger charge is -2.24. The normalized spacial score (nSPS) is 15.2. The first-order valence-corrected chi connectivity index (χ1v) is 7.77. The molecule has 0 amide bonds. The van der Waals surface area contributed by atoms with Crippen LogP contribution in [0.25, 0.3) is 0 Å². The van der Waals surface area contributed by atoms with Crippen LogP contribution in [0.4, 0.5) is 0 Å². The van der Waals surface area contributed by atoms with Gasteiger partial charge in [0, 0.05) is 11.8 Å². The Morgan fingerprint density at radius 3 is 2.39 bits per heavy atom. The van der Waals surface area contributed by atoms with Gasteiger partial charge in [-0.3, -0.25) is 0 Å². The standard InChI is InChI=1S/C13H21NO3S/c1-9-6-7-12(17-4)11(8-9)13(14-3)10(2)18(5,15)16/h6-8,10,13-14H,1-5H3. The van der Waals surface area contributed by atoms with Crippen molar-refractivity contribution in [1.29, 1.82) is 0 Å². The van der Waals surface area contributed by atoms with Gasteiger partial charge in [-0.2, -0.15) is 0 Å². The zero-order valence-electron chi connectivity index (χ0n) is 11.5. The minimum absolute atomic E-state index is 0.283. The van der Waals surface area contributed by atoms with Gasteiger partial charge in [0.05, 0.1) is 18.4 Å². The van der Waals surface area contributed by atoms with Crippen molar-refractivity contribution < 1.29 is 13.2 Å². The van der Waals surface area contributed by atoms with Gasteiger partial charge >= 0.3 is 0 Å². The summed E-state index contributed by atoms with van der Waals surface area (Å²) in [7, 11) is 0.229. The van der Waals surface area contributed by atoms with Gasteiger partial charge in [0.1, 0.15) is 5.75 Å². The fraction of sp³-hybridized carbons (Fsp3) is 0.538. The van der Waals surface area contributed by atoms with Crippen LogP contribution in [0.15, 0.2) is 18.2 Å². The van der Waals surface area contributed by atoms with Crippen LogP contribution >= 0.6 is 0 Å².